The molecule has 28 heavy (non-hydrogen) atoms. The van der Waals surface area contributed by atoms with Gasteiger partial charge in [0.25, 0.3) is 5.56 Å². The smallest absolute Gasteiger partial charge is 0.259 e. The third-order valence-electron chi connectivity index (χ3n) is 5.10. The van der Waals surface area contributed by atoms with Crippen LogP contribution < -0.4 is 15.8 Å². The number of hydrogen-bond acceptors (Lipinski definition) is 7. The lowest BCUT2D eigenvalue weighted by atomic mass is 10.1. The summed E-state index contributed by atoms with van der Waals surface area (Å²) in [6, 6.07) is 5.52. The number of aromatic amines is 1. The number of aromatic nitrogens is 3. The van der Waals surface area contributed by atoms with E-state index in [-0.39, 0.29) is 11.7 Å². The van der Waals surface area contributed by atoms with Gasteiger partial charge in [0.1, 0.15) is 5.82 Å². The molecule has 0 saturated carbocycles. The Hall–Kier alpha value is -2.97. The predicted octanol–water partition coefficient (Wildman–Crippen LogP) is 2.08. The van der Waals surface area contributed by atoms with Crippen LogP contribution in [0.15, 0.2) is 41.6 Å². The van der Waals surface area contributed by atoms with Crippen molar-refractivity contribution in [2.45, 2.75) is 32.0 Å². The van der Waals surface area contributed by atoms with Gasteiger partial charge in [0.05, 0.1) is 40.7 Å². The summed E-state index contributed by atoms with van der Waals surface area (Å²) in [5, 5.41) is 23.4. The first-order valence-electron chi connectivity index (χ1n) is 9.37. The zero-order chi connectivity index (χ0) is 19.7. The number of H-pyrrole nitrogens is 1. The Morgan fingerprint density at radius 2 is 2.00 bits per heavy atom. The lowest BCUT2D eigenvalue weighted by Crippen LogP contribution is -2.35. The Morgan fingerprint density at radius 1 is 1.21 bits per heavy atom. The lowest BCUT2D eigenvalue weighted by Gasteiger charge is -2.31. The summed E-state index contributed by atoms with van der Waals surface area (Å²) in [6.45, 7) is 3.23. The molecule has 1 saturated heterocycles. The van der Waals surface area contributed by atoms with E-state index in [0.29, 0.717) is 28.0 Å². The molecule has 1 unspecified atom stereocenters. The Bertz CT molecular complexity index is 1020. The molecule has 1 aliphatic heterocycles. The van der Waals surface area contributed by atoms with Gasteiger partial charge in [-0.25, -0.2) is 4.98 Å². The highest BCUT2D eigenvalue weighted by Crippen LogP contribution is 2.30. The summed E-state index contributed by atoms with van der Waals surface area (Å²) in [5.41, 5.74) is 2.28. The van der Waals surface area contributed by atoms with Gasteiger partial charge in [-0.1, -0.05) is 0 Å². The van der Waals surface area contributed by atoms with Gasteiger partial charge in [-0.15, -0.1) is 0 Å². The van der Waals surface area contributed by atoms with Crippen molar-refractivity contribution in [1.82, 2.24) is 15.0 Å². The van der Waals surface area contributed by atoms with Crippen molar-refractivity contribution in [1.29, 1.82) is 0 Å². The highest BCUT2D eigenvalue weighted by Gasteiger charge is 2.18. The molecule has 1 atom stereocenters. The van der Waals surface area contributed by atoms with Crippen LogP contribution in [0.25, 0.3) is 10.9 Å². The van der Waals surface area contributed by atoms with E-state index < -0.39 is 6.10 Å². The molecule has 4 rings (SSSR count). The highest BCUT2D eigenvalue weighted by molar-refractivity contribution is 5.93. The second-order valence-corrected chi connectivity index (χ2v) is 7.08. The maximum Gasteiger partial charge on any atom is 0.259 e. The first-order chi connectivity index (χ1) is 13.5. The van der Waals surface area contributed by atoms with Gasteiger partial charge < -0.3 is 25.4 Å². The molecule has 1 aliphatic rings. The molecular weight excluding hydrogens is 358 g/mol. The Labute approximate surface area is 161 Å². The predicted molar refractivity (Wildman–Crippen MR) is 108 cm³/mol. The molecule has 0 aliphatic carbocycles. The third-order valence-corrected chi connectivity index (χ3v) is 5.10. The van der Waals surface area contributed by atoms with E-state index in [1.165, 1.54) is 0 Å². The van der Waals surface area contributed by atoms with Gasteiger partial charge in [0, 0.05) is 31.0 Å². The number of aliphatic hydroxyl groups excluding tert-OH is 2. The fourth-order valence-electron chi connectivity index (χ4n) is 3.52. The van der Waals surface area contributed by atoms with Gasteiger partial charge in [-0.05, 0) is 38.0 Å². The van der Waals surface area contributed by atoms with Crippen molar-refractivity contribution in [2.75, 3.05) is 23.3 Å². The zero-order valence-electron chi connectivity index (χ0n) is 15.6. The number of aliphatic hydroxyl groups is 2. The zero-order valence-corrected chi connectivity index (χ0v) is 15.6. The number of anilines is 3. The molecule has 1 fully saturated rings. The van der Waals surface area contributed by atoms with Crippen LogP contribution in [0.1, 0.15) is 31.4 Å². The summed E-state index contributed by atoms with van der Waals surface area (Å²) < 4.78 is 0. The van der Waals surface area contributed by atoms with Crippen molar-refractivity contribution < 1.29 is 10.2 Å². The van der Waals surface area contributed by atoms with Crippen LogP contribution in [0.4, 0.5) is 17.2 Å². The Kier molecular flexibility index (Phi) is 4.97. The van der Waals surface area contributed by atoms with Crippen LogP contribution in [0, 0.1) is 0 Å². The number of hydrogen-bond donors (Lipinski definition) is 4. The van der Waals surface area contributed by atoms with E-state index in [0.717, 1.165) is 31.6 Å². The largest absolute Gasteiger partial charge is 0.393 e. The van der Waals surface area contributed by atoms with Gasteiger partial charge in [0.15, 0.2) is 0 Å². The fraction of sp³-hybridized carbons (Fsp3) is 0.350. The fourth-order valence-corrected chi connectivity index (χ4v) is 3.52. The van der Waals surface area contributed by atoms with Gasteiger partial charge in [-0.3, -0.25) is 9.78 Å². The molecule has 146 valence electrons. The van der Waals surface area contributed by atoms with Crippen molar-refractivity contribution in [3.05, 3.63) is 52.7 Å². The maximum absolute atomic E-state index is 12.4. The molecule has 0 bridgehead atoms. The van der Waals surface area contributed by atoms with Gasteiger partial charge >= 0.3 is 0 Å². The number of pyridine rings is 3. The summed E-state index contributed by atoms with van der Waals surface area (Å²) >= 11 is 0. The Balaban J connectivity index is 1.66. The number of nitrogens with zero attached hydrogens (tertiary/aromatic N) is 3. The van der Waals surface area contributed by atoms with E-state index in [2.05, 4.69) is 25.2 Å². The summed E-state index contributed by atoms with van der Waals surface area (Å²) in [6.07, 6.45) is 5.39. The standard InChI is InChI=1S/C20H23N5O3/c1-12(26)15-11-22-16-4-7-21-20(28)18(16)19(15)24-17-3-2-13(10-23-17)25-8-5-14(27)6-9-25/h2-4,7,10-12,14,26-27H,5-6,8-9H2,1H3,(H,21,28)(H,22,23,24). The second kappa shape index (κ2) is 7.57. The highest BCUT2D eigenvalue weighted by atomic mass is 16.3. The van der Waals surface area contributed by atoms with Crippen molar-refractivity contribution in [2.24, 2.45) is 0 Å². The number of piperidine rings is 1. The number of rotatable bonds is 4. The normalized spacial score (nSPS) is 16.3. The molecule has 0 amide bonds. The lowest BCUT2D eigenvalue weighted by molar-refractivity contribution is 0.145. The summed E-state index contributed by atoms with van der Waals surface area (Å²) in [7, 11) is 0. The molecule has 8 heteroatoms. The van der Waals surface area contributed by atoms with Crippen molar-refractivity contribution in [3.63, 3.8) is 0 Å². The molecule has 0 radical (unpaired) electrons. The first-order valence-corrected chi connectivity index (χ1v) is 9.37. The van der Waals surface area contributed by atoms with Crippen LogP contribution in [-0.2, 0) is 0 Å². The van der Waals surface area contributed by atoms with E-state index in [1.54, 1.807) is 31.6 Å². The molecule has 3 aromatic heterocycles. The SMILES string of the molecule is CC(O)c1cnc2cc[nH]c(=O)c2c1Nc1ccc(N2CCC(O)CC2)cn1. The molecule has 4 N–H and O–H groups in total. The second-order valence-electron chi connectivity index (χ2n) is 7.08. The van der Waals surface area contributed by atoms with Gasteiger partial charge in [-0.2, -0.15) is 0 Å². The average molecular weight is 381 g/mol. The summed E-state index contributed by atoms with van der Waals surface area (Å²) in [5.74, 6) is 0.568. The quantitative estimate of drug-likeness (QED) is 0.547. The van der Waals surface area contributed by atoms with Gasteiger partial charge in [0.2, 0.25) is 0 Å². The minimum absolute atomic E-state index is 0.220. The molecular formula is C20H23N5O3. The third kappa shape index (κ3) is 3.56. The first kappa shape index (κ1) is 18.4. The molecule has 0 spiro atoms. The molecule has 0 aromatic carbocycles. The van der Waals surface area contributed by atoms with Crippen LogP contribution in [0.2, 0.25) is 0 Å². The van der Waals surface area contributed by atoms with Crippen LogP contribution in [-0.4, -0.2) is 44.4 Å². The van der Waals surface area contributed by atoms with Crippen LogP contribution in [0.3, 0.4) is 0 Å². The topological polar surface area (TPSA) is 114 Å². The van der Waals surface area contributed by atoms with Crippen LogP contribution >= 0.6 is 0 Å². The molecule has 4 heterocycles. The van der Waals surface area contributed by atoms with E-state index in [1.807, 2.05) is 12.1 Å². The minimum Gasteiger partial charge on any atom is -0.393 e. The van der Waals surface area contributed by atoms with E-state index in [4.69, 9.17) is 0 Å². The van der Waals surface area contributed by atoms with Crippen molar-refractivity contribution in [3.8, 4) is 0 Å². The Morgan fingerprint density at radius 3 is 2.68 bits per heavy atom. The van der Waals surface area contributed by atoms with Crippen LogP contribution in [0.5, 0.6) is 0 Å². The monoisotopic (exact) mass is 381 g/mol. The summed E-state index contributed by atoms with van der Waals surface area (Å²) in [4.78, 5) is 26.0. The number of nitrogens with one attached hydrogen (secondary N) is 2. The molecule has 8 nitrogen and oxygen atoms in total. The van der Waals surface area contributed by atoms with E-state index >= 15 is 0 Å². The minimum atomic E-state index is -0.793. The van der Waals surface area contributed by atoms with Crippen molar-refractivity contribution >= 4 is 28.1 Å². The maximum atomic E-state index is 12.4. The average Bonchev–Trinajstić information content (AvgIpc) is 2.69. The van der Waals surface area contributed by atoms with E-state index in [9.17, 15) is 15.0 Å². The number of fused-ring (bicyclic) bond motifs is 1. The molecule has 3 aromatic rings.